The fraction of sp³-hybridized carbons (Fsp3) is 0.400. The molecular weight excluding hydrogens is 378 g/mol. The molecule has 1 unspecified atom stereocenters. The van der Waals surface area contributed by atoms with Crippen molar-refractivity contribution in [1.82, 2.24) is 4.90 Å². The molecule has 1 aliphatic carbocycles. The number of likely N-dealkylation sites (N-methyl/N-ethyl adjacent to an activating group) is 1. The Morgan fingerprint density at radius 2 is 1.83 bits per heavy atom. The first-order valence-electron chi connectivity index (χ1n) is 10.4. The topological polar surface area (TPSA) is 48.0 Å². The number of allylic oxidation sites excluding steroid dienone is 1. The third-order valence-corrected chi connectivity index (χ3v) is 6.66. The lowest BCUT2D eigenvalue weighted by atomic mass is 9.68. The number of likely N-dealkylation sites (tertiary alicyclic amines) is 1. The van der Waals surface area contributed by atoms with Crippen molar-refractivity contribution in [2.75, 3.05) is 27.8 Å². The summed E-state index contributed by atoms with van der Waals surface area (Å²) >= 11 is 0. The number of fused-ring (bicyclic) bond motifs is 1. The molecule has 2 aromatic rings. The minimum atomic E-state index is -0.279. The van der Waals surface area contributed by atoms with Crippen LogP contribution in [0.5, 0.6) is 11.5 Å². The number of methoxy groups -OCH3 is 2. The zero-order valence-corrected chi connectivity index (χ0v) is 18.1. The maximum Gasteiger partial charge on any atom is 0.343 e. The van der Waals surface area contributed by atoms with Crippen LogP contribution in [0.1, 0.15) is 40.7 Å². The molecular formula is C25H29NO4. The highest BCUT2D eigenvalue weighted by atomic mass is 16.5. The molecule has 5 nitrogen and oxygen atoms in total. The molecule has 0 bridgehead atoms. The number of hydrogen-bond acceptors (Lipinski definition) is 5. The molecule has 4 rings (SSSR count). The SMILES string of the molecule is COc1ccc([C@@]23CCC(OC(=O)c4ccccc4C)=CC2N(C)CC3)cc1OC. The molecule has 0 aromatic heterocycles. The molecule has 0 N–H and O–H groups in total. The lowest BCUT2D eigenvalue weighted by Gasteiger charge is -2.40. The van der Waals surface area contributed by atoms with Crippen LogP contribution in [-0.4, -0.2) is 44.7 Å². The highest BCUT2D eigenvalue weighted by Crippen LogP contribution is 2.49. The number of aryl methyl sites for hydroxylation is 1. The van der Waals surface area contributed by atoms with Gasteiger partial charge < -0.3 is 14.2 Å². The Bertz CT molecular complexity index is 983. The molecule has 2 atom stereocenters. The first kappa shape index (κ1) is 20.5. The van der Waals surface area contributed by atoms with Gasteiger partial charge in [0, 0.05) is 17.9 Å². The van der Waals surface area contributed by atoms with Crippen molar-refractivity contribution < 1.29 is 19.0 Å². The zero-order valence-electron chi connectivity index (χ0n) is 18.1. The van der Waals surface area contributed by atoms with Crippen molar-refractivity contribution in [2.24, 2.45) is 0 Å². The summed E-state index contributed by atoms with van der Waals surface area (Å²) < 4.78 is 16.8. The van der Waals surface area contributed by atoms with E-state index in [1.807, 2.05) is 37.3 Å². The standard InChI is InChI=1S/C25H29NO4/c1-17-7-5-6-8-20(17)24(27)30-19-11-12-25(13-14-26(2)23(25)16-19)18-9-10-21(28-3)22(15-18)29-4/h5-10,15-16,23H,11-14H2,1-4H3/t23?,25-/m0/s1. The summed E-state index contributed by atoms with van der Waals surface area (Å²) in [5.74, 6) is 1.97. The molecule has 1 saturated heterocycles. The first-order chi connectivity index (χ1) is 14.5. The van der Waals surface area contributed by atoms with E-state index in [9.17, 15) is 4.79 Å². The van der Waals surface area contributed by atoms with Crippen LogP contribution in [0, 0.1) is 6.92 Å². The number of carbonyl (C=O) groups excluding carboxylic acids is 1. The van der Waals surface area contributed by atoms with E-state index >= 15 is 0 Å². The van der Waals surface area contributed by atoms with Gasteiger partial charge in [-0.3, -0.25) is 4.90 Å². The number of benzene rings is 2. The Hall–Kier alpha value is -2.79. The molecule has 0 saturated carbocycles. The molecule has 1 heterocycles. The quantitative estimate of drug-likeness (QED) is 0.684. The number of carbonyl (C=O) groups is 1. The molecule has 1 fully saturated rings. The van der Waals surface area contributed by atoms with Gasteiger partial charge in [0.25, 0.3) is 0 Å². The summed E-state index contributed by atoms with van der Waals surface area (Å²) in [7, 11) is 5.46. The van der Waals surface area contributed by atoms with Crippen LogP contribution < -0.4 is 9.47 Å². The number of ether oxygens (including phenoxy) is 3. The summed E-state index contributed by atoms with van der Waals surface area (Å²) in [5, 5.41) is 0. The van der Waals surface area contributed by atoms with E-state index in [1.54, 1.807) is 14.2 Å². The second-order valence-corrected chi connectivity index (χ2v) is 8.24. The van der Waals surface area contributed by atoms with Crippen molar-refractivity contribution in [3.05, 3.63) is 71.0 Å². The molecule has 0 spiro atoms. The van der Waals surface area contributed by atoms with Gasteiger partial charge in [0.15, 0.2) is 11.5 Å². The lowest BCUT2D eigenvalue weighted by molar-refractivity contribution is 0.0592. The summed E-state index contributed by atoms with van der Waals surface area (Å²) in [4.78, 5) is 15.0. The lowest BCUT2D eigenvalue weighted by Crippen LogP contribution is -2.42. The predicted molar refractivity (Wildman–Crippen MR) is 116 cm³/mol. The smallest absolute Gasteiger partial charge is 0.343 e. The first-order valence-corrected chi connectivity index (χ1v) is 10.4. The minimum absolute atomic E-state index is 0.0210. The maximum absolute atomic E-state index is 12.7. The van der Waals surface area contributed by atoms with Crippen LogP contribution in [0.3, 0.4) is 0 Å². The monoisotopic (exact) mass is 407 g/mol. The fourth-order valence-electron chi connectivity index (χ4n) is 4.92. The van der Waals surface area contributed by atoms with Gasteiger partial charge in [-0.25, -0.2) is 4.79 Å². The minimum Gasteiger partial charge on any atom is -0.493 e. The molecule has 2 aromatic carbocycles. The van der Waals surface area contributed by atoms with Crippen molar-refractivity contribution in [3.8, 4) is 11.5 Å². The normalized spacial score (nSPS) is 23.5. The average Bonchev–Trinajstić information content (AvgIpc) is 3.10. The van der Waals surface area contributed by atoms with Crippen molar-refractivity contribution in [3.63, 3.8) is 0 Å². The van der Waals surface area contributed by atoms with Gasteiger partial charge in [-0.2, -0.15) is 0 Å². The van der Waals surface area contributed by atoms with Gasteiger partial charge in [0.05, 0.1) is 19.8 Å². The summed E-state index contributed by atoms with van der Waals surface area (Å²) in [5.41, 5.74) is 2.77. The average molecular weight is 408 g/mol. The number of rotatable bonds is 5. The van der Waals surface area contributed by atoms with Gasteiger partial charge in [0.1, 0.15) is 5.76 Å². The van der Waals surface area contributed by atoms with Gasteiger partial charge in [-0.1, -0.05) is 24.3 Å². The van der Waals surface area contributed by atoms with E-state index in [-0.39, 0.29) is 17.4 Å². The Labute approximate surface area is 178 Å². The third kappa shape index (κ3) is 3.47. The zero-order chi connectivity index (χ0) is 21.3. The van der Waals surface area contributed by atoms with Crippen LogP contribution in [-0.2, 0) is 10.2 Å². The van der Waals surface area contributed by atoms with Crippen LogP contribution >= 0.6 is 0 Å². The molecule has 0 radical (unpaired) electrons. The molecule has 0 amide bonds. The van der Waals surface area contributed by atoms with Crippen LogP contribution in [0.25, 0.3) is 0 Å². The maximum atomic E-state index is 12.7. The molecule has 1 aliphatic heterocycles. The van der Waals surface area contributed by atoms with E-state index in [1.165, 1.54) is 5.56 Å². The molecule has 2 aliphatic rings. The molecule has 30 heavy (non-hydrogen) atoms. The van der Waals surface area contributed by atoms with Crippen molar-refractivity contribution in [1.29, 1.82) is 0 Å². The van der Waals surface area contributed by atoms with Crippen molar-refractivity contribution >= 4 is 5.97 Å². The summed E-state index contributed by atoms with van der Waals surface area (Å²) in [6, 6.07) is 13.9. The third-order valence-electron chi connectivity index (χ3n) is 6.66. The van der Waals surface area contributed by atoms with Crippen LogP contribution in [0.4, 0.5) is 0 Å². The van der Waals surface area contributed by atoms with Crippen LogP contribution in [0.2, 0.25) is 0 Å². The predicted octanol–water partition coefficient (Wildman–Crippen LogP) is 4.49. The molecule has 5 heteroatoms. The van der Waals surface area contributed by atoms with E-state index in [4.69, 9.17) is 14.2 Å². The highest BCUT2D eigenvalue weighted by molar-refractivity contribution is 5.91. The highest BCUT2D eigenvalue weighted by Gasteiger charge is 2.48. The van der Waals surface area contributed by atoms with Gasteiger partial charge in [-0.05, 0) is 68.8 Å². The Balaban J connectivity index is 1.63. The Morgan fingerprint density at radius 3 is 2.57 bits per heavy atom. The van der Waals surface area contributed by atoms with Gasteiger partial charge >= 0.3 is 5.97 Å². The molecule has 158 valence electrons. The largest absolute Gasteiger partial charge is 0.493 e. The van der Waals surface area contributed by atoms with E-state index in [0.29, 0.717) is 5.56 Å². The Morgan fingerprint density at radius 1 is 1.07 bits per heavy atom. The summed E-state index contributed by atoms with van der Waals surface area (Å²) in [6.07, 6.45) is 4.85. The number of esters is 1. The second-order valence-electron chi connectivity index (χ2n) is 8.24. The number of nitrogens with zero attached hydrogens (tertiary/aromatic N) is 1. The van der Waals surface area contributed by atoms with E-state index in [0.717, 1.165) is 48.6 Å². The van der Waals surface area contributed by atoms with E-state index < -0.39 is 0 Å². The van der Waals surface area contributed by atoms with Gasteiger partial charge in [0.2, 0.25) is 0 Å². The number of hydrogen-bond donors (Lipinski definition) is 0. The van der Waals surface area contributed by atoms with Crippen LogP contribution in [0.15, 0.2) is 54.3 Å². The van der Waals surface area contributed by atoms with Gasteiger partial charge in [-0.15, -0.1) is 0 Å². The van der Waals surface area contributed by atoms with Crippen molar-refractivity contribution in [2.45, 2.75) is 37.6 Å². The van der Waals surface area contributed by atoms with E-state index in [2.05, 4.69) is 30.2 Å². The fourth-order valence-corrected chi connectivity index (χ4v) is 4.92. The Kier molecular flexibility index (Phi) is 5.56. The second kappa shape index (κ2) is 8.15. The summed E-state index contributed by atoms with van der Waals surface area (Å²) in [6.45, 7) is 2.92.